The monoisotopic (exact) mass is 296 g/mol. The molecule has 0 spiro atoms. The van der Waals surface area contributed by atoms with Gasteiger partial charge in [-0.3, -0.25) is 19.5 Å². The third-order valence-corrected chi connectivity index (χ3v) is 4.80. The summed E-state index contributed by atoms with van der Waals surface area (Å²) in [6.07, 6.45) is 1.77. The molecule has 0 aliphatic carbocycles. The molecule has 0 bridgehead atoms. The van der Waals surface area contributed by atoms with Gasteiger partial charge in [0.15, 0.2) is 0 Å². The highest BCUT2D eigenvalue weighted by Crippen LogP contribution is 2.27. The van der Waals surface area contributed by atoms with Crippen LogP contribution in [-0.2, 0) is 4.79 Å². The summed E-state index contributed by atoms with van der Waals surface area (Å²) in [7, 11) is 0. The Labute approximate surface area is 125 Å². The van der Waals surface area contributed by atoms with Crippen LogP contribution in [0.4, 0.5) is 4.79 Å². The number of hydrogen-bond acceptors (Lipinski definition) is 5. The zero-order chi connectivity index (χ0) is 14.8. The average Bonchev–Trinajstić information content (AvgIpc) is 3.05. The second kappa shape index (κ2) is 6.29. The van der Waals surface area contributed by atoms with Gasteiger partial charge in [-0.2, -0.15) is 0 Å². The maximum absolute atomic E-state index is 12.2. The minimum atomic E-state index is -0.182. The molecular weight excluding hydrogens is 272 g/mol. The Morgan fingerprint density at radius 3 is 2.24 bits per heavy atom. The van der Waals surface area contributed by atoms with Crippen LogP contribution >= 0.6 is 0 Å². The Hall–Kier alpha value is -1.18. The zero-order valence-corrected chi connectivity index (χ0v) is 12.4. The Balaban J connectivity index is 1.46. The Morgan fingerprint density at radius 2 is 1.62 bits per heavy atom. The number of urea groups is 1. The molecule has 3 saturated heterocycles. The standard InChI is InChI=1S/C14H24N4O3/c19-11-10-16-6-4-15(5-7-16)8-9-18-13(20)12-2-1-3-17(12)14(18)21/h12,19H,1-11H2/t12-/m0/s1. The van der Waals surface area contributed by atoms with E-state index in [4.69, 9.17) is 5.11 Å². The van der Waals surface area contributed by atoms with Crippen LogP contribution < -0.4 is 0 Å². The lowest BCUT2D eigenvalue weighted by Crippen LogP contribution is -2.49. The van der Waals surface area contributed by atoms with Crippen molar-refractivity contribution in [3.05, 3.63) is 0 Å². The normalized spacial score (nSPS) is 27.8. The van der Waals surface area contributed by atoms with Crippen molar-refractivity contribution in [1.82, 2.24) is 19.6 Å². The summed E-state index contributed by atoms with van der Waals surface area (Å²) >= 11 is 0. The van der Waals surface area contributed by atoms with Crippen molar-refractivity contribution in [2.24, 2.45) is 0 Å². The number of piperazine rings is 1. The molecule has 21 heavy (non-hydrogen) atoms. The van der Waals surface area contributed by atoms with E-state index < -0.39 is 0 Å². The first kappa shape index (κ1) is 14.7. The molecule has 3 heterocycles. The summed E-state index contributed by atoms with van der Waals surface area (Å²) < 4.78 is 0. The van der Waals surface area contributed by atoms with E-state index in [2.05, 4.69) is 9.80 Å². The number of rotatable bonds is 5. The molecule has 1 N–H and O–H groups in total. The lowest BCUT2D eigenvalue weighted by molar-refractivity contribution is -0.128. The van der Waals surface area contributed by atoms with Gasteiger partial charge in [0.05, 0.1) is 6.61 Å². The average molecular weight is 296 g/mol. The predicted octanol–water partition coefficient (Wildman–Crippen LogP) is -0.977. The first-order valence-corrected chi connectivity index (χ1v) is 7.88. The smallest absolute Gasteiger partial charge is 0.327 e. The maximum atomic E-state index is 12.2. The number of nitrogens with zero attached hydrogens (tertiary/aromatic N) is 4. The highest BCUT2D eigenvalue weighted by Gasteiger charge is 2.47. The largest absolute Gasteiger partial charge is 0.395 e. The number of amides is 3. The van der Waals surface area contributed by atoms with E-state index >= 15 is 0 Å². The SMILES string of the molecule is O=C1[C@@H]2CCCN2C(=O)N1CCN1CCN(CCO)CC1. The molecule has 7 nitrogen and oxygen atoms in total. The van der Waals surface area contributed by atoms with E-state index in [1.807, 2.05) is 0 Å². The number of fused-ring (bicyclic) bond motifs is 1. The van der Waals surface area contributed by atoms with Crippen molar-refractivity contribution in [2.45, 2.75) is 18.9 Å². The van der Waals surface area contributed by atoms with Crippen LogP contribution in [0.15, 0.2) is 0 Å². The van der Waals surface area contributed by atoms with E-state index in [1.54, 1.807) is 4.90 Å². The summed E-state index contributed by atoms with van der Waals surface area (Å²) in [5.74, 6) is -0.00332. The van der Waals surface area contributed by atoms with Crippen LogP contribution in [0.25, 0.3) is 0 Å². The van der Waals surface area contributed by atoms with Crippen molar-refractivity contribution < 1.29 is 14.7 Å². The molecule has 3 aliphatic heterocycles. The van der Waals surface area contributed by atoms with Crippen molar-refractivity contribution >= 4 is 11.9 Å². The van der Waals surface area contributed by atoms with Crippen molar-refractivity contribution in [3.63, 3.8) is 0 Å². The van der Waals surface area contributed by atoms with E-state index in [0.29, 0.717) is 6.54 Å². The van der Waals surface area contributed by atoms with E-state index in [-0.39, 0.29) is 24.6 Å². The van der Waals surface area contributed by atoms with Crippen LogP contribution in [0.1, 0.15) is 12.8 Å². The fraction of sp³-hybridized carbons (Fsp3) is 0.857. The third-order valence-electron chi connectivity index (χ3n) is 4.80. The quantitative estimate of drug-likeness (QED) is 0.661. The molecule has 7 heteroatoms. The minimum Gasteiger partial charge on any atom is -0.395 e. The topological polar surface area (TPSA) is 67.3 Å². The molecule has 3 rings (SSSR count). The van der Waals surface area contributed by atoms with E-state index in [9.17, 15) is 9.59 Å². The van der Waals surface area contributed by atoms with Gasteiger partial charge in [0.25, 0.3) is 5.91 Å². The number of aliphatic hydroxyl groups excluding tert-OH is 1. The van der Waals surface area contributed by atoms with Gasteiger partial charge in [-0.1, -0.05) is 0 Å². The number of aliphatic hydroxyl groups is 1. The highest BCUT2D eigenvalue weighted by molar-refractivity contribution is 6.04. The van der Waals surface area contributed by atoms with Gasteiger partial charge in [-0.25, -0.2) is 4.79 Å². The Morgan fingerprint density at radius 1 is 0.952 bits per heavy atom. The first-order chi connectivity index (χ1) is 10.2. The van der Waals surface area contributed by atoms with Crippen molar-refractivity contribution in [1.29, 1.82) is 0 Å². The second-order valence-electron chi connectivity index (χ2n) is 6.03. The summed E-state index contributed by atoms with van der Waals surface area (Å²) in [6.45, 7) is 6.67. The fourth-order valence-electron chi connectivity index (χ4n) is 3.51. The van der Waals surface area contributed by atoms with Gasteiger partial charge in [-0.05, 0) is 12.8 Å². The molecule has 3 fully saturated rings. The summed E-state index contributed by atoms with van der Waals surface area (Å²) in [5.41, 5.74) is 0. The third kappa shape index (κ3) is 2.90. The predicted molar refractivity (Wildman–Crippen MR) is 76.8 cm³/mol. The molecule has 0 radical (unpaired) electrons. The van der Waals surface area contributed by atoms with Gasteiger partial charge < -0.3 is 10.0 Å². The molecule has 3 amide bonds. The number of hydrogen-bond donors (Lipinski definition) is 1. The molecule has 0 unspecified atom stereocenters. The lowest BCUT2D eigenvalue weighted by Gasteiger charge is -2.34. The Kier molecular flexibility index (Phi) is 4.42. The molecule has 118 valence electrons. The molecule has 1 atom stereocenters. The molecule has 0 aromatic carbocycles. The Bertz CT molecular complexity index is 387. The second-order valence-corrected chi connectivity index (χ2v) is 6.03. The van der Waals surface area contributed by atoms with Crippen molar-refractivity contribution in [3.8, 4) is 0 Å². The first-order valence-electron chi connectivity index (χ1n) is 7.88. The molecular formula is C14H24N4O3. The zero-order valence-electron chi connectivity index (χ0n) is 12.4. The molecule has 3 aliphatic rings. The molecule has 0 aromatic rings. The summed E-state index contributed by atoms with van der Waals surface area (Å²) in [6, 6.07) is -0.277. The molecule has 0 saturated carbocycles. The van der Waals surface area contributed by atoms with E-state index in [0.717, 1.165) is 58.7 Å². The number of imide groups is 1. The maximum Gasteiger partial charge on any atom is 0.327 e. The highest BCUT2D eigenvalue weighted by atomic mass is 16.3. The van der Waals surface area contributed by atoms with Crippen LogP contribution in [0.3, 0.4) is 0 Å². The fourth-order valence-corrected chi connectivity index (χ4v) is 3.51. The summed E-state index contributed by atoms with van der Waals surface area (Å²) in [5, 5.41) is 8.93. The number of β-amino-alcohol motifs (C(OH)–C–C–N with tert-alkyl or cyclic N) is 1. The van der Waals surface area contributed by atoms with Crippen LogP contribution in [0.5, 0.6) is 0 Å². The number of carbonyl (C=O) groups is 2. The lowest BCUT2D eigenvalue weighted by atomic mass is 10.2. The van der Waals surface area contributed by atoms with Crippen LogP contribution in [-0.4, -0.2) is 102 Å². The van der Waals surface area contributed by atoms with E-state index in [1.165, 1.54) is 4.90 Å². The van der Waals surface area contributed by atoms with Crippen molar-refractivity contribution in [2.75, 3.05) is 59.0 Å². The molecule has 0 aromatic heterocycles. The van der Waals surface area contributed by atoms with Gasteiger partial charge in [0.2, 0.25) is 0 Å². The summed E-state index contributed by atoms with van der Waals surface area (Å²) in [4.78, 5) is 32.1. The van der Waals surface area contributed by atoms with Gasteiger partial charge in [0.1, 0.15) is 6.04 Å². The minimum absolute atomic E-state index is 0.00332. The van der Waals surface area contributed by atoms with Gasteiger partial charge in [-0.15, -0.1) is 0 Å². The van der Waals surface area contributed by atoms with Crippen LogP contribution in [0, 0.1) is 0 Å². The van der Waals surface area contributed by atoms with Gasteiger partial charge in [0, 0.05) is 52.4 Å². The number of carbonyl (C=O) groups excluding carboxylic acids is 2. The van der Waals surface area contributed by atoms with Crippen LogP contribution in [0.2, 0.25) is 0 Å². The van der Waals surface area contributed by atoms with Gasteiger partial charge >= 0.3 is 6.03 Å².